The van der Waals surface area contributed by atoms with Crippen LogP contribution in [0.4, 0.5) is 11.6 Å². The summed E-state index contributed by atoms with van der Waals surface area (Å²) in [5.41, 5.74) is 3.42. The Hall–Kier alpha value is -1.41. The lowest BCUT2D eigenvalue weighted by Gasteiger charge is -2.24. The van der Waals surface area contributed by atoms with Gasteiger partial charge in [-0.05, 0) is 19.8 Å². The van der Waals surface area contributed by atoms with Crippen LogP contribution in [0.5, 0.6) is 0 Å². The number of nitrogens with one attached hydrogen (secondary N) is 2. The maximum absolute atomic E-state index is 11.4. The van der Waals surface area contributed by atoms with Gasteiger partial charge in [-0.1, -0.05) is 6.92 Å². The summed E-state index contributed by atoms with van der Waals surface area (Å²) in [5, 5.41) is 3.33. The summed E-state index contributed by atoms with van der Waals surface area (Å²) in [4.78, 5) is 8.77. The number of nitrogens with two attached hydrogens (primary N) is 1. The van der Waals surface area contributed by atoms with E-state index in [4.69, 9.17) is 5.84 Å². The quantitative estimate of drug-likeness (QED) is 0.552. The molecule has 1 saturated heterocycles. The van der Waals surface area contributed by atoms with E-state index in [2.05, 4.69) is 20.7 Å². The Kier molecular flexibility index (Phi) is 4.44. The molecule has 0 atom stereocenters. The molecule has 1 aromatic heterocycles. The number of aromatic nitrogens is 2. The van der Waals surface area contributed by atoms with E-state index in [0.29, 0.717) is 30.9 Å². The van der Waals surface area contributed by atoms with Crippen LogP contribution in [-0.4, -0.2) is 35.9 Å². The Morgan fingerprint density at radius 3 is 2.40 bits per heavy atom. The maximum Gasteiger partial charge on any atom is 0.150 e. The highest BCUT2D eigenvalue weighted by Crippen LogP contribution is 2.23. The predicted molar refractivity (Wildman–Crippen MR) is 79.3 cm³/mol. The summed E-state index contributed by atoms with van der Waals surface area (Å²) in [6, 6.07) is 0.127. The molecule has 0 bridgehead atoms. The SMILES string of the molecule is CCc1nc(NN)c(C)c(NC2CCS(=O)(=O)CC2)n1. The number of hydrazine groups is 1. The Labute approximate surface area is 119 Å². The summed E-state index contributed by atoms with van der Waals surface area (Å²) in [5.74, 6) is 7.97. The van der Waals surface area contributed by atoms with Gasteiger partial charge in [-0.15, -0.1) is 0 Å². The highest BCUT2D eigenvalue weighted by Gasteiger charge is 2.24. The van der Waals surface area contributed by atoms with E-state index in [-0.39, 0.29) is 17.5 Å². The fourth-order valence-electron chi connectivity index (χ4n) is 2.23. The molecular weight excluding hydrogens is 278 g/mol. The van der Waals surface area contributed by atoms with Gasteiger partial charge < -0.3 is 10.7 Å². The molecule has 0 radical (unpaired) electrons. The van der Waals surface area contributed by atoms with Gasteiger partial charge in [0.15, 0.2) is 0 Å². The van der Waals surface area contributed by atoms with Crippen molar-refractivity contribution in [2.45, 2.75) is 39.2 Å². The van der Waals surface area contributed by atoms with Crippen LogP contribution < -0.4 is 16.6 Å². The largest absolute Gasteiger partial charge is 0.367 e. The summed E-state index contributed by atoms with van der Waals surface area (Å²) < 4.78 is 22.9. The first-order valence-corrected chi connectivity index (χ1v) is 8.58. The molecule has 2 rings (SSSR count). The minimum atomic E-state index is -2.85. The number of anilines is 2. The standard InChI is InChI=1S/C12H21N5O2S/c1-3-10-15-11(8(2)12(16-10)17-13)14-9-4-6-20(18,19)7-5-9/h9H,3-7,13H2,1-2H3,(H2,14,15,16,17). The average molecular weight is 299 g/mol. The second-order valence-corrected chi connectivity index (χ2v) is 7.33. The molecule has 0 amide bonds. The smallest absolute Gasteiger partial charge is 0.150 e. The normalized spacial score (nSPS) is 18.8. The third-order valence-corrected chi connectivity index (χ3v) is 5.26. The zero-order chi connectivity index (χ0) is 14.8. The van der Waals surface area contributed by atoms with E-state index in [1.165, 1.54) is 0 Å². The van der Waals surface area contributed by atoms with Crippen molar-refractivity contribution >= 4 is 21.5 Å². The monoisotopic (exact) mass is 299 g/mol. The van der Waals surface area contributed by atoms with Gasteiger partial charge in [0.25, 0.3) is 0 Å². The van der Waals surface area contributed by atoms with Crippen LogP contribution in [0.15, 0.2) is 0 Å². The lowest BCUT2D eigenvalue weighted by Crippen LogP contribution is -2.33. The highest BCUT2D eigenvalue weighted by molar-refractivity contribution is 7.91. The fourth-order valence-corrected chi connectivity index (χ4v) is 3.72. The molecule has 0 unspecified atom stereocenters. The third kappa shape index (κ3) is 3.37. The van der Waals surface area contributed by atoms with Crippen LogP contribution in [0.25, 0.3) is 0 Å². The number of sulfone groups is 1. The molecule has 8 heteroatoms. The molecule has 1 aliphatic rings. The molecule has 0 spiro atoms. The number of aryl methyl sites for hydroxylation is 1. The van der Waals surface area contributed by atoms with Crippen LogP contribution in [0.2, 0.25) is 0 Å². The first kappa shape index (κ1) is 15.0. The van der Waals surface area contributed by atoms with E-state index in [1.54, 1.807) is 0 Å². The van der Waals surface area contributed by atoms with E-state index in [1.807, 2.05) is 13.8 Å². The first-order chi connectivity index (χ1) is 9.45. The fraction of sp³-hybridized carbons (Fsp3) is 0.667. The number of nitrogens with zero attached hydrogens (tertiary/aromatic N) is 2. The van der Waals surface area contributed by atoms with Crippen LogP contribution in [0, 0.1) is 6.92 Å². The topological polar surface area (TPSA) is 110 Å². The molecule has 1 aliphatic heterocycles. The molecular formula is C12H21N5O2S. The zero-order valence-electron chi connectivity index (χ0n) is 11.8. The van der Waals surface area contributed by atoms with E-state index < -0.39 is 9.84 Å². The lowest BCUT2D eigenvalue weighted by atomic mass is 10.1. The number of hydrogen-bond acceptors (Lipinski definition) is 7. The molecule has 2 heterocycles. The molecule has 7 nitrogen and oxygen atoms in total. The number of nitrogen functional groups attached to an aromatic ring is 1. The molecule has 0 aromatic carbocycles. The molecule has 20 heavy (non-hydrogen) atoms. The molecule has 1 aromatic rings. The first-order valence-electron chi connectivity index (χ1n) is 6.76. The minimum absolute atomic E-state index is 0.127. The maximum atomic E-state index is 11.4. The number of rotatable bonds is 4. The molecule has 0 aliphatic carbocycles. The van der Waals surface area contributed by atoms with Gasteiger partial charge in [0.2, 0.25) is 0 Å². The second kappa shape index (κ2) is 5.92. The van der Waals surface area contributed by atoms with Crippen molar-refractivity contribution < 1.29 is 8.42 Å². The van der Waals surface area contributed by atoms with Gasteiger partial charge in [-0.25, -0.2) is 24.2 Å². The van der Waals surface area contributed by atoms with Crippen LogP contribution in [0.1, 0.15) is 31.2 Å². The Balaban J connectivity index is 2.17. The molecule has 4 N–H and O–H groups in total. The van der Waals surface area contributed by atoms with Crippen molar-refractivity contribution in [1.29, 1.82) is 0 Å². The highest BCUT2D eigenvalue weighted by atomic mass is 32.2. The summed E-state index contributed by atoms with van der Waals surface area (Å²) in [6.45, 7) is 3.86. The van der Waals surface area contributed by atoms with Gasteiger partial charge in [-0.2, -0.15) is 0 Å². The summed E-state index contributed by atoms with van der Waals surface area (Å²) in [6.07, 6.45) is 1.93. The third-order valence-electron chi connectivity index (χ3n) is 3.54. The molecule has 1 fully saturated rings. The van der Waals surface area contributed by atoms with E-state index in [0.717, 1.165) is 11.4 Å². The van der Waals surface area contributed by atoms with Crippen molar-refractivity contribution in [2.75, 3.05) is 22.2 Å². The van der Waals surface area contributed by atoms with Crippen molar-refractivity contribution in [3.05, 3.63) is 11.4 Å². The molecule has 0 saturated carbocycles. The van der Waals surface area contributed by atoms with Crippen molar-refractivity contribution in [3.8, 4) is 0 Å². The van der Waals surface area contributed by atoms with Gasteiger partial charge in [0.05, 0.1) is 11.5 Å². The van der Waals surface area contributed by atoms with Gasteiger partial charge in [0.1, 0.15) is 27.3 Å². The van der Waals surface area contributed by atoms with Gasteiger partial charge >= 0.3 is 0 Å². The lowest BCUT2D eigenvalue weighted by molar-refractivity contribution is 0.558. The molecule has 112 valence electrons. The average Bonchev–Trinajstić information content (AvgIpc) is 2.43. The van der Waals surface area contributed by atoms with Crippen LogP contribution in [0.3, 0.4) is 0 Å². The van der Waals surface area contributed by atoms with Gasteiger partial charge in [0, 0.05) is 18.0 Å². The number of hydrogen-bond donors (Lipinski definition) is 3. The Morgan fingerprint density at radius 2 is 1.85 bits per heavy atom. The Bertz CT molecular complexity index is 574. The van der Waals surface area contributed by atoms with E-state index >= 15 is 0 Å². The van der Waals surface area contributed by atoms with Crippen molar-refractivity contribution in [2.24, 2.45) is 5.84 Å². The predicted octanol–water partition coefficient (Wildman–Crippen LogP) is 0.622. The van der Waals surface area contributed by atoms with Crippen LogP contribution in [-0.2, 0) is 16.3 Å². The van der Waals surface area contributed by atoms with Crippen molar-refractivity contribution in [1.82, 2.24) is 9.97 Å². The minimum Gasteiger partial charge on any atom is -0.367 e. The summed E-state index contributed by atoms with van der Waals surface area (Å²) >= 11 is 0. The van der Waals surface area contributed by atoms with Gasteiger partial charge in [-0.3, -0.25) is 0 Å². The second-order valence-electron chi connectivity index (χ2n) is 5.03. The Morgan fingerprint density at radius 1 is 1.25 bits per heavy atom. The van der Waals surface area contributed by atoms with Crippen molar-refractivity contribution in [3.63, 3.8) is 0 Å². The van der Waals surface area contributed by atoms with Crippen LogP contribution >= 0.6 is 0 Å². The zero-order valence-corrected chi connectivity index (χ0v) is 12.6. The summed E-state index contributed by atoms with van der Waals surface area (Å²) in [7, 11) is -2.85. The van der Waals surface area contributed by atoms with E-state index in [9.17, 15) is 8.42 Å².